The van der Waals surface area contributed by atoms with Gasteiger partial charge < -0.3 is 19.4 Å². The lowest BCUT2D eigenvalue weighted by Gasteiger charge is -2.34. The largest absolute Gasteiger partial charge is 0.449 e. The molecule has 2 aliphatic heterocycles. The van der Waals surface area contributed by atoms with Crippen LogP contribution in [0.2, 0.25) is 0 Å². The molecule has 1 saturated carbocycles. The molecule has 3 fully saturated rings. The second-order valence-electron chi connectivity index (χ2n) is 11.1. The van der Waals surface area contributed by atoms with E-state index in [2.05, 4.69) is 22.0 Å². The number of likely N-dealkylation sites (N-methyl/N-ethyl adjacent to an activating group) is 1. The van der Waals surface area contributed by atoms with Gasteiger partial charge in [-0.25, -0.2) is 9.78 Å². The first kappa shape index (κ1) is 26.6. The van der Waals surface area contributed by atoms with Crippen molar-refractivity contribution in [1.82, 2.24) is 14.8 Å². The SMILES string of the molecule is CN(C(=O)OCCC1CC1)[C@@H]1CN(C(=O)C2CCN(c3ccc(C#N)cn3)CC2)CC1C1C=CC(Cl)=CC1. The van der Waals surface area contributed by atoms with Gasteiger partial charge in [0, 0.05) is 56.3 Å². The molecule has 38 heavy (non-hydrogen) atoms. The van der Waals surface area contributed by atoms with Crippen molar-refractivity contribution < 1.29 is 14.3 Å². The third-order valence-electron chi connectivity index (χ3n) is 8.56. The van der Waals surface area contributed by atoms with Gasteiger partial charge in [0.25, 0.3) is 0 Å². The second kappa shape index (κ2) is 11.8. The van der Waals surface area contributed by atoms with Gasteiger partial charge in [0.15, 0.2) is 0 Å². The highest BCUT2D eigenvalue weighted by Crippen LogP contribution is 2.36. The third-order valence-corrected chi connectivity index (χ3v) is 8.84. The molecule has 3 atom stereocenters. The Morgan fingerprint density at radius 1 is 1.21 bits per heavy atom. The summed E-state index contributed by atoms with van der Waals surface area (Å²) in [6, 6.07) is 5.64. The van der Waals surface area contributed by atoms with E-state index in [1.54, 1.807) is 17.2 Å². The number of nitriles is 1. The Morgan fingerprint density at radius 3 is 2.63 bits per heavy atom. The molecule has 4 aliphatic rings. The van der Waals surface area contributed by atoms with E-state index in [0.29, 0.717) is 31.2 Å². The summed E-state index contributed by atoms with van der Waals surface area (Å²) >= 11 is 6.18. The number of carbonyl (C=O) groups is 2. The molecule has 0 bridgehead atoms. The van der Waals surface area contributed by atoms with Crippen LogP contribution >= 0.6 is 11.6 Å². The molecular formula is C29H36ClN5O3. The summed E-state index contributed by atoms with van der Waals surface area (Å²) in [4.78, 5) is 36.9. The van der Waals surface area contributed by atoms with Crippen molar-refractivity contribution in [3.05, 3.63) is 47.2 Å². The summed E-state index contributed by atoms with van der Waals surface area (Å²) in [6.07, 6.45) is 13.1. The highest BCUT2D eigenvalue weighted by Gasteiger charge is 2.44. The highest BCUT2D eigenvalue weighted by atomic mass is 35.5. The van der Waals surface area contributed by atoms with Gasteiger partial charge in [0.2, 0.25) is 5.91 Å². The Labute approximate surface area is 229 Å². The molecule has 5 rings (SSSR count). The number of aromatic nitrogens is 1. The Kier molecular flexibility index (Phi) is 8.23. The van der Waals surface area contributed by atoms with Crippen molar-refractivity contribution in [1.29, 1.82) is 5.26 Å². The zero-order chi connectivity index (χ0) is 26.6. The maximum absolute atomic E-state index is 13.7. The van der Waals surface area contributed by atoms with E-state index in [0.717, 1.165) is 49.6 Å². The van der Waals surface area contributed by atoms with Crippen molar-refractivity contribution in [2.45, 2.75) is 44.6 Å². The number of nitrogens with zero attached hydrogens (tertiary/aromatic N) is 5. The summed E-state index contributed by atoms with van der Waals surface area (Å²) in [5, 5.41) is 9.74. The lowest BCUT2D eigenvalue weighted by atomic mass is 9.83. The minimum Gasteiger partial charge on any atom is -0.449 e. The van der Waals surface area contributed by atoms with Crippen LogP contribution in [0.4, 0.5) is 10.6 Å². The van der Waals surface area contributed by atoms with E-state index in [-0.39, 0.29) is 35.8 Å². The maximum atomic E-state index is 13.7. The first-order chi connectivity index (χ1) is 18.4. The molecule has 0 radical (unpaired) electrons. The van der Waals surface area contributed by atoms with E-state index in [9.17, 15) is 9.59 Å². The number of anilines is 1. The van der Waals surface area contributed by atoms with Crippen LogP contribution in [-0.2, 0) is 9.53 Å². The van der Waals surface area contributed by atoms with Gasteiger partial charge in [-0.2, -0.15) is 5.26 Å². The molecule has 202 valence electrons. The summed E-state index contributed by atoms with van der Waals surface area (Å²) in [7, 11) is 1.81. The fourth-order valence-electron chi connectivity index (χ4n) is 5.96. The molecule has 9 heteroatoms. The number of halogens is 1. The predicted molar refractivity (Wildman–Crippen MR) is 145 cm³/mol. The number of hydrogen-bond donors (Lipinski definition) is 0. The van der Waals surface area contributed by atoms with Crippen LogP contribution in [0.25, 0.3) is 0 Å². The van der Waals surface area contributed by atoms with Gasteiger partial charge in [-0.3, -0.25) is 4.79 Å². The minimum atomic E-state index is -0.300. The number of pyridine rings is 1. The van der Waals surface area contributed by atoms with Crippen LogP contribution in [0.3, 0.4) is 0 Å². The molecule has 2 aliphatic carbocycles. The first-order valence-electron chi connectivity index (χ1n) is 13.8. The van der Waals surface area contributed by atoms with Crippen LogP contribution in [-0.4, -0.2) is 72.7 Å². The lowest BCUT2D eigenvalue weighted by molar-refractivity contribution is -0.135. The average molecular weight is 538 g/mol. The molecule has 1 aromatic heterocycles. The van der Waals surface area contributed by atoms with Gasteiger partial charge >= 0.3 is 6.09 Å². The number of hydrogen-bond acceptors (Lipinski definition) is 6. The smallest absolute Gasteiger partial charge is 0.409 e. The topological polar surface area (TPSA) is 89.8 Å². The van der Waals surface area contributed by atoms with Crippen LogP contribution < -0.4 is 4.90 Å². The molecular weight excluding hydrogens is 502 g/mol. The van der Waals surface area contributed by atoms with Crippen molar-refractivity contribution in [2.24, 2.45) is 23.7 Å². The van der Waals surface area contributed by atoms with Gasteiger partial charge in [-0.15, -0.1) is 0 Å². The Hall–Kier alpha value is -3.05. The number of ether oxygens (including phenoxy) is 1. The van der Waals surface area contributed by atoms with E-state index >= 15 is 0 Å². The monoisotopic (exact) mass is 537 g/mol. The molecule has 0 aromatic carbocycles. The molecule has 2 unspecified atom stereocenters. The van der Waals surface area contributed by atoms with Gasteiger partial charge in [-0.1, -0.05) is 36.6 Å². The Bertz CT molecular complexity index is 1120. The molecule has 8 nitrogen and oxygen atoms in total. The van der Waals surface area contributed by atoms with Crippen LogP contribution in [0, 0.1) is 35.0 Å². The van der Waals surface area contributed by atoms with E-state index in [4.69, 9.17) is 21.6 Å². The lowest BCUT2D eigenvalue weighted by Crippen LogP contribution is -2.45. The van der Waals surface area contributed by atoms with Crippen molar-refractivity contribution in [3.8, 4) is 6.07 Å². The summed E-state index contributed by atoms with van der Waals surface area (Å²) in [5.74, 6) is 2.02. The van der Waals surface area contributed by atoms with E-state index in [1.165, 1.54) is 12.8 Å². The van der Waals surface area contributed by atoms with Crippen molar-refractivity contribution in [3.63, 3.8) is 0 Å². The number of amides is 2. The van der Waals surface area contributed by atoms with Crippen LogP contribution in [0.15, 0.2) is 41.6 Å². The highest BCUT2D eigenvalue weighted by molar-refractivity contribution is 6.31. The van der Waals surface area contributed by atoms with E-state index < -0.39 is 0 Å². The second-order valence-corrected chi connectivity index (χ2v) is 11.5. The molecule has 0 spiro atoms. The molecule has 2 saturated heterocycles. The molecule has 0 N–H and O–H groups in total. The normalized spacial score (nSPS) is 25.6. The number of rotatable bonds is 7. The number of carbonyl (C=O) groups excluding carboxylic acids is 2. The fraction of sp³-hybridized carbons (Fsp3) is 0.586. The molecule has 2 amide bonds. The standard InChI is InChI=1S/C29H36ClN5O3/c1-33(29(37)38-15-12-20-2-3-20)26-19-35(18-25(26)22-5-7-24(30)8-6-22)28(36)23-10-13-34(14-11-23)27-9-4-21(16-31)17-32-27/h4-5,7-9,17,20,22-23,25-26H,2-3,6,10-15,18-19H2,1H3/t22?,25?,26-/m1/s1. The summed E-state index contributed by atoms with van der Waals surface area (Å²) < 4.78 is 5.60. The van der Waals surface area contributed by atoms with Crippen molar-refractivity contribution >= 4 is 29.4 Å². The maximum Gasteiger partial charge on any atom is 0.409 e. The Morgan fingerprint density at radius 2 is 2.00 bits per heavy atom. The van der Waals surface area contributed by atoms with E-state index in [1.807, 2.05) is 30.2 Å². The average Bonchev–Trinajstić information content (AvgIpc) is 3.68. The molecule has 3 heterocycles. The minimum absolute atomic E-state index is 0.0453. The van der Waals surface area contributed by atoms with Gasteiger partial charge in [-0.05, 0) is 55.7 Å². The number of likely N-dealkylation sites (tertiary alicyclic amines) is 1. The zero-order valence-electron chi connectivity index (χ0n) is 22.0. The number of piperidine rings is 1. The predicted octanol–water partition coefficient (Wildman–Crippen LogP) is 4.56. The van der Waals surface area contributed by atoms with Gasteiger partial charge in [0.05, 0.1) is 18.2 Å². The molecule has 1 aromatic rings. The summed E-state index contributed by atoms with van der Waals surface area (Å²) in [5.41, 5.74) is 0.541. The van der Waals surface area contributed by atoms with Gasteiger partial charge in [0.1, 0.15) is 11.9 Å². The summed E-state index contributed by atoms with van der Waals surface area (Å²) in [6.45, 7) is 3.11. The number of allylic oxidation sites excluding steroid dienone is 4. The van der Waals surface area contributed by atoms with Crippen LogP contribution in [0.1, 0.15) is 44.1 Å². The van der Waals surface area contributed by atoms with Crippen molar-refractivity contribution in [2.75, 3.05) is 44.7 Å². The zero-order valence-corrected chi connectivity index (χ0v) is 22.7. The Balaban J connectivity index is 1.21. The van der Waals surface area contributed by atoms with Crippen LogP contribution in [0.5, 0.6) is 0 Å². The fourth-order valence-corrected chi connectivity index (χ4v) is 6.12. The third kappa shape index (κ3) is 6.15. The first-order valence-corrected chi connectivity index (χ1v) is 14.1. The quantitative estimate of drug-likeness (QED) is 0.506.